The number of anilines is 2. The van der Waals surface area contributed by atoms with Crippen LogP contribution in [-0.4, -0.2) is 17.9 Å². The molecule has 4 aromatic rings. The molecule has 1 aliphatic heterocycles. The van der Waals surface area contributed by atoms with Crippen molar-refractivity contribution in [1.82, 2.24) is 5.01 Å². The lowest BCUT2D eigenvalue weighted by Crippen LogP contribution is -2.32. The Morgan fingerprint density at radius 2 is 1.58 bits per heavy atom. The summed E-state index contributed by atoms with van der Waals surface area (Å²) in [6, 6.07) is 27.7. The Kier molecular flexibility index (Phi) is 5.88. The molecule has 5 rings (SSSR count). The number of rotatable bonds is 6. The van der Waals surface area contributed by atoms with Gasteiger partial charge < -0.3 is 5.73 Å². The van der Waals surface area contributed by atoms with Crippen molar-refractivity contribution >= 4 is 39.9 Å². The van der Waals surface area contributed by atoms with E-state index in [4.69, 9.17) is 11.6 Å². The van der Waals surface area contributed by atoms with Crippen molar-refractivity contribution in [1.29, 1.82) is 0 Å². The van der Waals surface area contributed by atoms with Crippen LogP contribution in [0.15, 0.2) is 100 Å². The first-order chi connectivity index (χ1) is 16.1. The first-order valence-corrected chi connectivity index (χ1v) is 11.9. The van der Waals surface area contributed by atoms with E-state index in [9.17, 15) is 0 Å². The molecule has 8 nitrogen and oxygen atoms in total. The summed E-state index contributed by atoms with van der Waals surface area (Å²) in [5.41, 5.74) is 7.96. The molecule has 1 unspecified atom stereocenters. The number of para-hydroxylation sites is 2. The first kappa shape index (κ1) is 21.3. The van der Waals surface area contributed by atoms with Gasteiger partial charge in [0.2, 0.25) is 0 Å². The van der Waals surface area contributed by atoms with Gasteiger partial charge in [-0.05, 0) is 48.5 Å². The number of thiophene rings is 2. The van der Waals surface area contributed by atoms with Crippen LogP contribution in [0.2, 0.25) is 0 Å². The minimum absolute atomic E-state index is 0.160. The Labute approximate surface area is 199 Å². The van der Waals surface area contributed by atoms with Crippen molar-refractivity contribution in [2.45, 2.75) is 6.17 Å². The lowest BCUT2D eigenvalue weighted by atomic mass is 10.3. The average molecular weight is 475 g/mol. The normalized spacial score (nSPS) is 16.5. The minimum atomic E-state index is -0.160. The van der Waals surface area contributed by atoms with E-state index >= 15 is 0 Å². The van der Waals surface area contributed by atoms with Crippen LogP contribution in [0.3, 0.4) is 0 Å². The fraction of sp³-hybridized carbons (Fsp3) is 0.0870. The molecule has 0 amide bonds. The SMILES string of the molecule is CN1C(c2ccc(-c3ccc(/C(N)=N/N(N)c4ccccc4)s3)s2)N=NN1c1ccccc1. The summed E-state index contributed by atoms with van der Waals surface area (Å²) >= 11 is 3.27. The van der Waals surface area contributed by atoms with Crippen molar-refractivity contribution in [3.05, 3.63) is 94.7 Å². The molecule has 1 aliphatic rings. The number of nitrogens with two attached hydrogens (primary N) is 2. The van der Waals surface area contributed by atoms with E-state index in [0.29, 0.717) is 5.84 Å². The van der Waals surface area contributed by atoms with Crippen LogP contribution >= 0.6 is 22.7 Å². The molecule has 3 heterocycles. The van der Waals surface area contributed by atoms with Gasteiger partial charge in [0.25, 0.3) is 0 Å². The number of nitrogens with zero attached hydrogens (tertiary/aromatic N) is 6. The Morgan fingerprint density at radius 3 is 2.33 bits per heavy atom. The van der Waals surface area contributed by atoms with E-state index in [-0.39, 0.29) is 6.17 Å². The molecule has 166 valence electrons. The molecule has 0 spiro atoms. The largest absolute Gasteiger partial charge is 0.381 e. The molecule has 0 saturated heterocycles. The Bertz CT molecular complexity index is 1280. The highest BCUT2D eigenvalue weighted by Gasteiger charge is 2.30. The summed E-state index contributed by atoms with van der Waals surface area (Å²) in [5, 5.41) is 18.3. The lowest BCUT2D eigenvalue weighted by Gasteiger charge is -2.24. The van der Waals surface area contributed by atoms with Gasteiger partial charge >= 0.3 is 0 Å². The third-order valence-corrected chi connectivity index (χ3v) is 7.53. The van der Waals surface area contributed by atoms with Crippen LogP contribution in [-0.2, 0) is 0 Å². The number of hydrazone groups is 1. The molecule has 0 aliphatic carbocycles. The van der Waals surface area contributed by atoms with Gasteiger partial charge in [-0.3, -0.25) is 0 Å². The van der Waals surface area contributed by atoms with Gasteiger partial charge in [-0.15, -0.1) is 32.9 Å². The van der Waals surface area contributed by atoms with Crippen molar-refractivity contribution in [2.75, 3.05) is 17.3 Å². The molecule has 2 aromatic carbocycles. The second-order valence-electron chi connectivity index (χ2n) is 7.31. The molecule has 0 radical (unpaired) electrons. The van der Waals surface area contributed by atoms with E-state index in [1.165, 1.54) is 5.12 Å². The fourth-order valence-electron chi connectivity index (χ4n) is 3.41. The fourth-order valence-corrected chi connectivity index (χ4v) is 5.48. The highest BCUT2D eigenvalue weighted by atomic mass is 32.1. The number of amidine groups is 1. The van der Waals surface area contributed by atoms with Crippen molar-refractivity contribution in [2.24, 2.45) is 27.0 Å². The average Bonchev–Trinajstić information content (AvgIpc) is 3.59. The van der Waals surface area contributed by atoms with Gasteiger partial charge in [-0.2, -0.15) is 15.2 Å². The van der Waals surface area contributed by atoms with Crippen LogP contribution in [0, 0.1) is 0 Å². The summed E-state index contributed by atoms with van der Waals surface area (Å²) < 4.78 is 0. The second kappa shape index (κ2) is 9.12. The minimum Gasteiger partial charge on any atom is -0.381 e. The molecule has 1 atom stereocenters. The van der Waals surface area contributed by atoms with Gasteiger partial charge in [0, 0.05) is 21.7 Å². The Balaban J connectivity index is 1.31. The van der Waals surface area contributed by atoms with Crippen molar-refractivity contribution < 1.29 is 0 Å². The highest BCUT2D eigenvalue weighted by Crippen LogP contribution is 2.40. The number of hydrogen-bond donors (Lipinski definition) is 2. The maximum atomic E-state index is 6.22. The third kappa shape index (κ3) is 4.37. The van der Waals surface area contributed by atoms with Crippen molar-refractivity contribution in [3.8, 4) is 9.75 Å². The summed E-state index contributed by atoms with van der Waals surface area (Å²) in [5.74, 6) is 6.41. The zero-order valence-electron chi connectivity index (χ0n) is 17.8. The highest BCUT2D eigenvalue weighted by molar-refractivity contribution is 7.23. The molecule has 10 heteroatoms. The van der Waals surface area contributed by atoms with Gasteiger partial charge in [0.05, 0.1) is 16.3 Å². The predicted octanol–water partition coefficient (Wildman–Crippen LogP) is 5.21. The van der Waals surface area contributed by atoms with E-state index in [1.54, 1.807) is 22.7 Å². The summed E-state index contributed by atoms with van der Waals surface area (Å²) in [4.78, 5) is 4.23. The van der Waals surface area contributed by atoms with Crippen LogP contribution in [0.4, 0.5) is 11.4 Å². The van der Waals surface area contributed by atoms with Crippen LogP contribution in [0.5, 0.6) is 0 Å². The topological polar surface area (TPSA) is 98.8 Å². The Morgan fingerprint density at radius 1 is 0.909 bits per heavy atom. The van der Waals surface area contributed by atoms with Gasteiger partial charge in [0.1, 0.15) is 0 Å². The Hall–Kier alpha value is -3.57. The third-order valence-electron chi connectivity index (χ3n) is 5.10. The lowest BCUT2D eigenvalue weighted by molar-refractivity contribution is 0.281. The first-order valence-electron chi connectivity index (χ1n) is 10.2. The van der Waals surface area contributed by atoms with Crippen LogP contribution in [0.1, 0.15) is 15.9 Å². The number of hydrogen-bond acceptors (Lipinski definition) is 9. The monoisotopic (exact) mass is 474 g/mol. The number of benzene rings is 2. The summed E-state index contributed by atoms with van der Waals surface area (Å²) in [6.45, 7) is 0. The zero-order chi connectivity index (χ0) is 22.8. The molecule has 4 N–H and O–H groups in total. The number of hydrazine groups is 2. The predicted molar refractivity (Wildman–Crippen MR) is 136 cm³/mol. The molecule has 0 bridgehead atoms. The zero-order valence-corrected chi connectivity index (χ0v) is 19.4. The summed E-state index contributed by atoms with van der Waals surface area (Å²) in [7, 11) is 1.99. The van der Waals surface area contributed by atoms with E-state index in [2.05, 4.69) is 33.6 Å². The molecule has 33 heavy (non-hydrogen) atoms. The smallest absolute Gasteiger partial charge is 0.178 e. The van der Waals surface area contributed by atoms with E-state index in [1.807, 2.05) is 83.9 Å². The van der Waals surface area contributed by atoms with Gasteiger partial charge in [0.15, 0.2) is 12.0 Å². The second-order valence-corrected chi connectivity index (χ2v) is 9.51. The van der Waals surface area contributed by atoms with Crippen LogP contribution in [0.25, 0.3) is 9.75 Å². The summed E-state index contributed by atoms with van der Waals surface area (Å²) in [6.07, 6.45) is -0.160. The van der Waals surface area contributed by atoms with Crippen molar-refractivity contribution in [3.63, 3.8) is 0 Å². The maximum absolute atomic E-state index is 6.22. The molecule has 2 aromatic heterocycles. The standard InChI is InChI=1S/C23H22N8S2/c1-29-23(26-28-31(29)17-10-6-3-7-11-17)21-15-13-19(33-21)18-12-14-20(32-18)22(24)27-30(25)16-8-4-2-5-9-16/h2-15,23H,25H2,1H3,(H2,24,27). The molecular formula is C23H22N8S2. The maximum Gasteiger partial charge on any atom is 0.178 e. The van der Waals surface area contributed by atoms with E-state index < -0.39 is 0 Å². The molecular weight excluding hydrogens is 452 g/mol. The quantitative estimate of drug-likeness (QED) is 0.173. The molecule has 0 fully saturated rings. The molecule has 0 saturated carbocycles. The van der Waals surface area contributed by atoms with E-state index in [0.717, 1.165) is 30.9 Å². The van der Waals surface area contributed by atoms with Gasteiger partial charge in [-0.1, -0.05) is 41.6 Å². The van der Waals surface area contributed by atoms with Gasteiger partial charge in [-0.25, -0.2) is 5.84 Å². The van der Waals surface area contributed by atoms with Crippen LogP contribution < -0.4 is 21.8 Å².